The Kier molecular flexibility index (Phi) is 6.76. The van der Waals surface area contributed by atoms with Crippen molar-refractivity contribution in [2.24, 2.45) is 0 Å². The van der Waals surface area contributed by atoms with Crippen LogP contribution in [0.2, 0.25) is 0 Å². The number of para-hydroxylation sites is 1. The van der Waals surface area contributed by atoms with Gasteiger partial charge >= 0.3 is 5.97 Å². The van der Waals surface area contributed by atoms with Crippen LogP contribution in [0.15, 0.2) is 72.1 Å². The molecule has 7 heteroatoms. The number of carbonyl (C=O) groups excluding carboxylic acids is 3. The van der Waals surface area contributed by atoms with Crippen LogP contribution >= 0.6 is 11.3 Å². The molecule has 2 amide bonds. The first-order valence-electron chi connectivity index (χ1n) is 9.00. The third kappa shape index (κ3) is 5.52. The molecule has 1 aromatic heterocycles. The zero-order valence-electron chi connectivity index (χ0n) is 15.8. The number of nitrogens with one attached hydrogen (secondary N) is 2. The minimum absolute atomic E-state index is 0.168. The van der Waals surface area contributed by atoms with Crippen LogP contribution in [0.1, 0.15) is 38.6 Å². The van der Waals surface area contributed by atoms with Gasteiger partial charge in [0.1, 0.15) is 0 Å². The van der Waals surface area contributed by atoms with Crippen molar-refractivity contribution < 1.29 is 19.1 Å². The Balaban J connectivity index is 1.59. The van der Waals surface area contributed by atoms with Crippen LogP contribution in [0.3, 0.4) is 0 Å². The number of ether oxygens (including phenoxy) is 1. The van der Waals surface area contributed by atoms with Crippen LogP contribution in [0.25, 0.3) is 0 Å². The van der Waals surface area contributed by atoms with Gasteiger partial charge in [0.25, 0.3) is 11.8 Å². The normalized spacial score (nSPS) is 11.3. The van der Waals surface area contributed by atoms with Gasteiger partial charge in [0, 0.05) is 10.4 Å². The fourth-order valence-electron chi connectivity index (χ4n) is 2.65. The number of rotatable bonds is 7. The molecule has 0 radical (unpaired) electrons. The number of anilines is 1. The fourth-order valence-corrected chi connectivity index (χ4v) is 3.39. The summed E-state index contributed by atoms with van der Waals surface area (Å²) in [6.45, 7) is 1.45. The van der Waals surface area contributed by atoms with Crippen LogP contribution in [0.4, 0.5) is 5.69 Å². The highest BCUT2D eigenvalue weighted by Gasteiger charge is 2.17. The molecule has 0 fully saturated rings. The summed E-state index contributed by atoms with van der Waals surface area (Å²) < 4.78 is 5.14. The number of thiophene rings is 1. The van der Waals surface area contributed by atoms with E-state index < -0.39 is 18.5 Å². The molecule has 1 atom stereocenters. The van der Waals surface area contributed by atoms with E-state index in [9.17, 15) is 14.4 Å². The Morgan fingerprint density at radius 3 is 2.41 bits per heavy atom. The molecule has 0 spiro atoms. The van der Waals surface area contributed by atoms with Gasteiger partial charge in [-0.2, -0.15) is 0 Å². The molecule has 6 nitrogen and oxygen atoms in total. The van der Waals surface area contributed by atoms with Gasteiger partial charge in [0.15, 0.2) is 6.61 Å². The van der Waals surface area contributed by atoms with Crippen molar-refractivity contribution in [2.45, 2.75) is 13.0 Å². The number of amides is 2. The van der Waals surface area contributed by atoms with E-state index in [0.29, 0.717) is 11.3 Å². The summed E-state index contributed by atoms with van der Waals surface area (Å²) in [5.74, 6) is -1.42. The largest absolute Gasteiger partial charge is 0.452 e. The van der Waals surface area contributed by atoms with Crippen molar-refractivity contribution in [1.82, 2.24) is 5.32 Å². The van der Waals surface area contributed by atoms with E-state index >= 15 is 0 Å². The van der Waals surface area contributed by atoms with Gasteiger partial charge in [-0.1, -0.05) is 36.4 Å². The Bertz CT molecular complexity index is 987. The third-order valence-electron chi connectivity index (χ3n) is 4.11. The topological polar surface area (TPSA) is 84.5 Å². The quantitative estimate of drug-likeness (QED) is 0.578. The molecule has 0 saturated heterocycles. The second kappa shape index (κ2) is 9.66. The van der Waals surface area contributed by atoms with Crippen LogP contribution in [0.5, 0.6) is 0 Å². The van der Waals surface area contributed by atoms with E-state index in [2.05, 4.69) is 10.6 Å². The Labute approximate surface area is 172 Å². The zero-order chi connectivity index (χ0) is 20.6. The molecule has 3 aromatic rings. The Morgan fingerprint density at radius 2 is 1.69 bits per heavy atom. The zero-order valence-corrected chi connectivity index (χ0v) is 16.6. The van der Waals surface area contributed by atoms with E-state index in [1.807, 2.05) is 30.5 Å². The summed E-state index contributed by atoms with van der Waals surface area (Å²) >= 11 is 1.54. The minimum atomic E-state index is -0.687. The maximum absolute atomic E-state index is 12.5. The van der Waals surface area contributed by atoms with Gasteiger partial charge in [0.2, 0.25) is 0 Å². The first kappa shape index (κ1) is 20.3. The Morgan fingerprint density at radius 1 is 0.966 bits per heavy atom. The van der Waals surface area contributed by atoms with Crippen LogP contribution in [0, 0.1) is 0 Å². The van der Waals surface area contributed by atoms with Crippen molar-refractivity contribution in [3.63, 3.8) is 0 Å². The van der Waals surface area contributed by atoms with E-state index in [-0.39, 0.29) is 17.5 Å². The number of hydrogen-bond acceptors (Lipinski definition) is 5. The number of esters is 1. The average Bonchev–Trinajstić information content (AvgIpc) is 3.28. The summed E-state index contributed by atoms with van der Waals surface area (Å²) in [5, 5.41) is 7.42. The van der Waals surface area contributed by atoms with Crippen molar-refractivity contribution in [1.29, 1.82) is 0 Å². The molecule has 148 valence electrons. The lowest BCUT2D eigenvalue weighted by Crippen LogP contribution is -2.30. The predicted molar refractivity (Wildman–Crippen MR) is 112 cm³/mol. The SMILES string of the molecule is C[C@H](NC(=O)COC(=O)c1ccccc1NC(=O)c1ccccc1)c1cccs1. The summed E-state index contributed by atoms with van der Waals surface area (Å²) in [4.78, 5) is 37.9. The highest BCUT2D eigenvalue weighted by atomic mass is 32.1. The maximum Gasteiger partial charge on any atom is 0.340 e. The van der Waals surface area contributed by atoms with Gasteiger partial charge in [-0.25, -0.2) is 4.79 Å². The molecule has 1 heterocycles. The maximum atomic E-state index is 12.5. The molecule has 2 N–H and O–H groups in total. The fraction of sp³-hybridized carbons (Fsp3) is 0.136. The smallest absolute Gasteiger partial charge is 0.340 e. The summed E-state index contributed by atoms with van der Waals surface area (Å²) in [5.41, 5.74) is 0.965. The van der Waals surface area contributed by atoms with Gasteiger partial charge in [-0.05, 0) is 42.6 Å². The number of benzene rings is 2. The highest BCUT2D eigenvalue weighted by molar-refractivity contribution is 7.10. The van der Waals surface area contributed by atoms with E-state index in [0.717, 1.165) is 4.88 Å². The van der Waals surface area contributed by atoms with Crippen molar-refractivity contribution in [3.8, 4) is 0 Å². The molecule has 0 aliphatic heterocycles. The second-order valence-corrected chi connectivity index (χ2v) is 7.23. The minimum Gasteiger partial charge on any atom is -0.452 e. The molecule has 0 unspecified atom stereocenters. The van der Waals surface area contributed by atoms with Crippen molar-refractivity contribution in [2.75, 3.05) is 11.9 Å². The molecule has 0 aliphatic rings. The van der Waals surface area contributed by atoms with E-state index in [1.54, 1.807) is 42.5 Å². The lowest BCUT2D eigenvalue weighted by molar-refractivity contribution is -0.124. The number of carbonyl (C=O) groups is 3. The number of hydrogen-bond donors (Lipinski definition) is 2. The molecule has 3 rings (SSSR count). The third-order valence-corrected chi connectivity index (χ3v) is 5.17. The first-order chi connectivity index (χ1) is 14.0. The van der Waals surface area contributed by atoms with E-state index in [4.69, 9.17) is 4.74 Å². The lowest BCUT2D eigenvalue weighted by atomic mass is 10.1. The molecular weight excluding hydrogens is 388 g/mol. The summed E-state index contributed by atoms with van der Waals surface area (Å²) in [6, 6.07) is 18.8. The Hall–Kier alpha value is -3.45. The van der Waals surface area contributed by atoms with Crippen LogP contribution in [-0.4, -0.2) is 24.4 Å². The van der Waals surface area contributed by atoms with Crippen LogP contribution < -0.4 is 10.6 Å². The standard InChI is InChI=1S/C22H20N2O4S/c1-15(19-12-7-13-29-19)23-20(25)14-28-22(27)17-10-5-6-11-18(17)24-21(26)16-8-3-2-4-9-16/h2-13,15H,14H2,1H3,(H,23,25)(H,24,26)/t15-/m0/s1. The molecule has 0 saturated carbocycles. The summed E-state index contributed by atoms with van der Waals surface area (Å²) in [6.07, 6.45) is 0. The van der Waals surface area contributed by atoms with Gasteiger partial charge in [0.05, 0.1) is 17.3 Å². The highest BCUT2D eigenvalue weighted by Crippen LogP contribution is 2.19. The van der Waals surface area contributed by atoms with Crippen molar-refractivity contribution in [3.05, 3.63) is 88.1 Å². The summed E-state index contributed by atoms with van der Waals surface area (Å²) in [7, 11) is 0. The average molecular weight is 408 g/mol. The first-order valence-corrected chi connectivity index (χ1v) is 9.88. The lowest BCUT2D eigenvalue weighted by Gasteiger charge is -2.13. The van der Waals surface area contributed by atoms with Crippen LogP contribution in [-0.2, 0) is 9.53 Å². The van der Waals surface area contributed by atoms with E-state index in [1.165, 1.54) is 17.4 Å². The van der Waals surface area contributed by atoms with Gasteiger partial charge in [-0.15, -0.1) is 11.3 Å². The molecular formula is C22H20N2O4S. The molecule has 29 heavy (non-hydrogen) atoms. The predicted octanol–water partition coefficient (Wildman–Crippen LogP) is 4.03. The monoisotopic (exact) mass is 408 g/mol. The molecule has 0 bridgehead atoms. The second-order valence-electron chi connectivity index (χ2n) is 6.25. The van der Waals surface area contributed by atoms with Gasteiger partial charge < -0.3 is 15.4 Å². The molecule has 0 aliphatic carbocycles. The van der Waals surface area contributed by atoms with Crippen molar-refractivity contribution >= 4 is 34.8 Å². The molecule has 2 aromatic carbocycles. The van der Waals surface area contributed by atoms with Gasteiger partial charge in [-0.3, -0.25) is 9.59 Å².